The number of β-amino-alcohol motifs (C(OH)–C–C–N with tert-alkyl or cyclic N) is 1. The molecule has 0 unspecified atom stereocenters. The fraction of sp³-hybridized carbons (Fsp3) is 0.500. The highest BCUT2D eigenvalue weighted by atomic mass is 16.3. The predicted molar refractivity (Wildman–Crippen MR) is 58.8 cm³/mol. The average molecular weight is 215 g/mol. The topological polar surface area (TPSA) is 60.2 Å². The van der Waals surface area contributed by atoms with Gasteiger partial charge in [-0.05, 0) is 30.9 Å². The minimum absolute atomic E-state index is 0.470. The Labute approximate surface area is 94.1 Å². The lowest BCUT2D eigenvalue weighted by Gasteiger charge is -2.47. The molecule has 1 saturated heterocycles. The third-order valence-corrected chi connectivity index (χ3v) is 3.47. The van der Waals surface area contributed by atoms with Crippen LogP contribution in [0.5, 0.6) is 0 Å². The second-order valence-corrected chi connectivity index (χ2v) is 4.72. The molecule has 1 aromatic heterocycles. The van der Waals surface area contributed by atoms with E-state index in [-0.39, 0.29) is 0 Å². The Bertz CT molecular complexity index is 456. The Morgan fingerprint density at radius 1 is 1.50 bits per heavy atom. The number of pyridine rings is 1. The number of rotatable bonds is 2. The van der Waals surface area contributed by atoms with Crippen LogP contribution in [0.15, 0.2) is 18.3 Å². The second-order valence-electron chi connectivity index (χ2n) is 4.72. The van der Waals surface area contributed by atoms with E-state index in [0.717, 1.165) is 12.8 Å². The molecule has 4 nitrogen and oxygen atoms in total. The van der Waals surface area contributed by atoms with Gasteiger partial charge in [0.25, 0.3) is 0 Å². The maximum absolute atomic E-state index is 10.2. The van der Waals surface area contributed by atoms with Crippen molar-refractivity contribution in [2.45, 2.75) is 18.4 Å². The van der Waals surface area contributed by atoms with Gasteiger partial charge in [0.1, 0.15) is 17.5 Å². The van der Waals surface area contributed by atoms with Crippen molar-refractivity contribution in [3.63, 3.8) is 0 Å². The molecule has 0 amide bonds. The summed E-state index contributed by atoms with van der Waals surface area (Å²) in [6, 6.07) is 5.65. The van der Waals surface area contributed by atoms with Crippen LogP contribution in [0.2, 0.25) is 0 Å². The van der Waals surface area contributed by atoms with E-state index in [0.29, 0.717) is 30.4 Å². The summed E-state index contributed by atoms with van der Waals surface area (Å²) in [6.45, 7) is 1.23. The lowest BCUT2D eigenvalue weighted by molar-refractivity contribution is -0.00976. The van der Waals surface area contributed by atoms with Crippen LogP contribution >= 0.6 is 0 Å². The number of hydrogen-bond acceptors (Lipinski definition) is 4. The highest BCUT2D eigenvalue weighted by Gasteiger charge is 2.52. The van der Waals surface area contributed by atoms with Crippen molar-refractivity contribution in [3.8, 4) is 6.07 Å². The molecule has 2 heterocycles. The highest BCUT2D eigenvalue weighted by molar-refractivity contribution is 5.56. The lowest BCUT2D eigenvalue weighted by Crippen LogP contribution is -2.63. The Kier molecular flexibility index (Phi) is 1.92. The van der Waals surface area contributed by atoms with E-state index in [1.54, 1.807) is 18.3 Å². The van der Waals surface area contributed by atoms with Crippen molar-refractivity contribution >= 4 is 5.82 Å². The molecule has 3 rings (SSSR count). The van der Waals surface area contributed by atoms with Gasteiger partial charge < -0.3 is 10.0 Å². The first-order valence-electron chi connectivity index (χ1n) is 5.55. The van der Waals surface area contributed by atoms with Gasteiger partial charge >= 0.3 is 0 Å². The molecule has 0 atom stereocenters. The van der Waals surface area contributed by atoms with Crippen LogP contribution < -0.4 is 4.90 Å². The maximum atomic E-state index is 10.2. The van der Waals surface area contributed by atoms with Crippen LogP contribution in [-0.4, -0.2) is 28.8 Å². The Hall–Kier alpha value is -1.60. The number of aromatic nitrogens is 1. The van der Waals surface area contributed by atoms with Gasteiger partial charge in [0.2, 0.25) is 0 Å². The average Bonchev–Trinajstić information content (AvgIpc) is 3.09. The van der Waals surface area contributed by atoms with Gasteiger partial charge in [0.05, 0.1) is 18.7 Å². The normalized spacial score (nSPS) is 22.4. The van der Waals surface area contributed by atoms with Crippen LogP contribution in [0, 0.1) is 17.2 Å². The van der Waals surface area contributed by atoms with E-state index in [4.69, 9.17) is 5.26 Å². The highest BCUT2D eigenvalue weighted by Crippen LogP contribution is 2.45. The summed E-state index contributed by atoms with van der Waals surface area (Å²) in [5.41, 5.74) is 0.0601. The first kappa shape index (κ1) is 9.61. The summed E-state index contributed by atoms with van der Waals surface area (Å²) in [5.74, 6) is 1.17. The van der Waals surface area contributed by atoms with Crippen LogP contribution in [-0.2, 0) is 0 Å². The quantitative estimate of drug-likeness (QED) is 0.796. The third kappa shape index (κ3) is 1.36. The molecule has 1 aromatic rings. The summed E-state index contributed by atoms with van der Waals surface area (Å²) in [6.07, 6.45) is 3.96. The van der Waals surface area contributed by atoms with Gasteiger partial charge in [0, 0.05) is 6.20 Å². The van der Waals surface area contributed by atoms with E-state index >= 15 is 0 Å². The SMILES string of the molecule is N#Cc1cccnc1N1CC(O)(C2CC2)C1. The Balaban J connectivity index is 1.78. The summed E-state index contributed by atoms with van der Waals surface area (Å²) in [7, 11) is 0. The molecule has 0 radical (unpaired) electrons. The number of aliphatic hydroxyl groups is 1. The van der Waals surface area contributed by atoms with Gasteiger partial charge in [-0.1, -0.05) is 0 Å². The van der Waals surface area contributed by atoms with Crippen molar-refractivity contribution in [3.05, 3.63) is 23.9 Å². The number of nitriles is 1. The zero-order valence-electron chi connectivity index (χ0n) is 8.93. The van der Waals surface area contributed by atoms with Crippen molar-refractivity contribution < 1.29 is 5.11 Å². The van der Waals surface area contributed by atoms with E-state index < -0.39 is 5.60 Å². The molecule has 82 valence electrons. The molecule has 4 heteroatoms. The standard InChI is InChI=1S/C12H13N3O/c13-6-9-2-1-5-14-11(9)15-7-12(16,8-15)10-3-4-10/h1-2,5,10,16H,3-4,7-8H2. The minimum Gasteiger partial charge on any atom is -0.386 e. The monoisotopic (exact) mass is 215 g/mol. The fourth-order valence-corrected chi connectivity index (χ4v) is 2.38. The molecule has 1 aliphatic carbocycles. The molecule has 1 N–H and O–H groups in total. The lowest BCUT2D eigenvalue weighted by atomic mass is 9.88. The summed E-state index contributed by atoms with van der Waals surface area (Å²) < 4.78 is 0. The van der Waals surface area contributed by atoms with Gasteiger partial charge in [-0.2, -0.15) is 5.26 Å². The number of hydrogen-bond donors (Lipinski definition) is 1. The van der Waals surface area contributed by atoms with Crippen molar-refractivity contribution in [2.24, 2.45) is 5.92 Å². The summed E-state index contributed by atoms with van der Waals surface area (Å²) in [4.78, 5) is 6.19. The molecule has 0 aromatic carbocycles. The van der Waals surface area contributed by atoms with Crippen LogP contribution in [0.4, 0.5) is 5.82 Å². The van der Waals surface area contributed by atoms with E-state index in [2.05, 4.69) is 11.1 Å². The van der Waals surface area contributed by atoms with Gasteiger partial charge in [-0.3, -0.25) is 0 Å². The molecule has 16 heavy (non-hydrogen) atoms. The zero-order valence-corrected chi connectivity index (χ0v) is 8.93. The molecule has 0 bridgehead atoms. The minimum atomic E-state index is -0.524. The van der Waals surface area contributed by atoms with E-state index in [9.17, 15) is 5.11 Å². The summed E-state index contributed by atoms with van der Waals surface area (Å²) >= 11 is 0. The second kappa shape index (κ2) is 3.19. The molecule has 0 spiro atoms. The fourth-order valence-electron chi connectivity index (χ4n) is 2.38. The van der Waals surface area contributed by atoms with Crippen molar-refractivity contribution in [2.75, 3.05) is 18.0 Å². The molecular formula is C12H13N3O. The predicted octanol–water partition coefficient (Wildman–Crippen LogP) is 0.914. The first-order chi connectivity index (χ1) is 7.73. The van der Waals surface area contributed by atoms with Gasteiger partial charge in [-0.15, -0.1) is 0 Å². The molecule has 2 fully saturated rings. The van der Waals surface area contributed by atoms with Gasteiger partial charge in [0.15, 0.2) is 0 Å². The van der Waals surface area contributed by atoms with Crippen molar-refractivity contribution in [1.82, 2.24) is 4.98 Å². The van der Waals surface area contributed by atoms with E-state index in [1.807, 2.05) is 4.90 Å². The maximum Gasteiger partial charge on any atom is 0.146 e. The van der Waals surface area contributed by atoms with Crippen LogP contribution in [0.3, 0.4) is 0 Å². The Morgan fingerprint density at radius 2 is 2.25 bits per heavy atom. The Morgan fingerprint density at radius 3 is 2.88 bits per heavy atom. The number of nitrogens with zero attached hydrogens (tertiary/aromatic N) is 3. The molecular weight excluding hydrogens is 202 g/mol. The first-order valence-corrected chi connectivity index (χ1v) is 5.55. The summed E-state index contributed by atoms with van der Waals surface area (Å²) in [5, 5.41) is 19.2. The smallest absolute Gasteiger partial charge is 0.146 e. The largest absolute Gasteiger partial charge is 0.386 e. The molecule has 1 saturated carbocycles. The third-order valence-electron chi connectivity index (χ3n) is 3.47. The molecule has 2 aliphatic rings. The number of anilines is 1. The van der Waals surface area contributed by atoms with Crippen molar-refractivity contribution in [1.29, 1.82) is 5.26 Å². The van der Waals surface area contributed by atoms with Crippen LogP contribution in [0.1, 0.15) is 18.4 Å². The zero-order chi connectivity index (χ0) is 11.2. The molecule has 1 aliphatic heterocycles. The van der Waals surface area contributed by atoms with E-state index in [1.165, 1.54) is 0 Å². The van der Waals surface area contributed by atoms with Crippen LogP contribution in [0.25, 0.3) is 0 Å². The van der Waals surface area contributed by atoms with Gasteiger partial charge in [-0.25, -0.2) is 4.98 Å².